The molecule has 0 aliphatic carbocycles. The van der Waals surface area contributed by atoms with Crippen LogP contribution < -0.4 is 10.5 Å². The van der Waals surface area contributed by atoms with Crippen molar-refractivity contribution in [3.8, 4) is 0 Å². The number of carbonyl (C=O) groups excluding carboxylic acids is 1. The fourth-order valence-corrected chi connectivity index (χ4v) is 3.21. The van der Waals surface area contributed by atoms with Crippen LogP contribution in [0.15, 0.2) is 39.8 Å². The topological polar surface area (TPSA) is 158 Å². The van der Waals surface area contributed by atoms with Crippen molar-refractivity contribution in [3.63, 3.8) is 0 Å². The number of aliphatic carboxylic acids is 1. The van der Waals surface area contributed by atoms with Crippen molar-refractivity contribution in [3.05, 3.63) is 46.9 Å². The van der Waals surface area contributed by atoms with Gasteiger partial charge in [-0.3, -0.25) is 0 Å². The van der Waals surface area contributed by atoms with Gasteiger partial charge in [0, 0.05) is 0 Å². The number of ether oxygens (including phenoxy) is 2. The molecule has 0 spiro atoms. The first kappa shape index (κ1) is 21.7. The Hall–Kier alpha value is -2.60. The van der Waals surface area contributed by atoms with Crippen molar-refractivity contribution in [1.29, 1.82) is 0 Å². The monoisotopic (exact) mass is 432 g/mol. The maximum Gasteiger partial charge on any atom is 0.340 e. The number of carboxylic acid groups (broad SMARTS) is 1. The van der Waals surface area contributed by atoms with Gasteiger partial charge in [-0.1, -0.05) is 11.6 Å². The van der Waals surface area contributed by atoms with E-state index in [1.54, 1.807) is 12.1 Å². The van der Waals surface area contributed by atoms with Gasteiger partial charge in [-0.05, 0) is 24.3 Å². The van der Waals surface area contributed by atoms with E-state index in [-0.39, 0.29) is 36.0 Å². The molecule has 4 N–H and O–H groups in total. The van der Waals surface area contributed by atoms with Crippen molar-refractivity contribution in [2.45, 2.75) is 11.4 Å². The summed E-state index contributed by atoms with van der Waals surface area (Å²) in [5, 5.41) is 16.3. The van der Waals surface area contributed by atoms with Crippen LogP contribution in [0, 0.1) is 0 Å². The van der Waals surface area contributed by atoms with E-state index in [1.807, 2.05) is 0 Å². The van der Waals surface area contributed by atoms with Crippen LogP contribution in [-0.2, 0) is 30.8 Å². The van der Waals surface area contributed by atoms with E-state index in [1.165, 1.54) is 12.3 Å². The number of benzene rings is 1. The van der Waals surface area contributed by atoms with Crippen LogP contribution in [0.1, 0.15) is 16.1 Å². The zero-order valence-corrected chi connectivity index (χ0v) is 16.0. The van der Waals surface area contributed by atoms with Crippen LogP contribution in [0.4, 0.5) is 5.69 Å². The predicted octanol–water partition coefficient (Wildman–Crippen LogP) is 1.45. The van der Waals surface area contributed by atoms with Gasteiger partial charge >= 0.3 is 11.9 Å². The summed E-state index contributed by atoms with van der Waals surface area (Å²) in [6.07, 6.45) is 1.47. The number of nitrogens with two attached hydrogens (primary N) is 1. The summed E-state index contributed by atoms with van der Waals surface area (Å²) in [4.78, 5) is 22.3. The predicted molar refractivity (Wildman–Crippen MR) is 97.6 cm³/mol. The highest BCUT2D eigenvalue weighted by atomic mass is 35.5. The molecule has 1 aromatic carbocycles. The van der Waals surface area contributed by atoms with Gasteiger partial charge in [-0.2, -0.15) is 0 Å². The number of anilines is 1. The van der Waals surface area contributed by atoms with Crippen molar-refractivity contribution in [1.82, 2.24) is 0 Å². The third kappa shape index (κ3) is 6.23. The van der Waals surface area contributed by atoms with E-state index in [9.17, 15) is 18.0 Å². The molecular weight excluding hydrogens is 416 g/mol. The lowest BCUT2D eigenvalue weighted by Crippen LogP contribution is -2.18. The van der Waals surface area contributed by atoms with Crippen molar-refractivity contribution >= 4 is 39.3 Å². The molecule has 12 heteroatoms. The summed E-state index contributed by atoms with van der Waals surface area (Å²) in [6.45, 7) is -0.732. The Kier molecular flexibility index (Phi) is 7.40. The number of hydrogen-bond acceptors (Lipinski definition) is 8. The molecule has 2 aromatic rings. The van der Waals surface area contributed by atoms with E-state index in [0.29, 0.717) is 5.76 Å². The maximum atomic E-state index is 12.4. The Bertz CT molecular complexity index is 944. The molecule has 10 nitrogen and oxygen atoms in total. The highest BCUT2D eigenvalue weighted by Gasteiger charge is 2.21. The molecular formula is C16H17ClN2O8S. The molecule has 0 atom stereocenters. The summed E-state index contributed by atoms with van der Waals surface area (Å²) in [6, 6.07) is 5.62. The second-order valence-corrected chi connectivity index (χ2v) is 7.33. The molecule has 0 aliphatic rings. The largest absolute Gasteiger partial charge is 0.480 e. The Morgan fingerprint density at radius 1 is 1.29 bits per heavy atom. The molecule has 1 heterocycles. The van der Waals surface area contributed by atoms with Gasteiger partial charge in [0.25, 0.3) is 0 Å². The van der Waals surface area contributed by atoms with Crippen LogP contribution in [0.3, 0.4) is 0 Å². The summed E-state index contributed by atoms with van der Waals surface area (Å²) in [5.41, 5.74) is 0.0727. The average Bonchev–Trinajstić information content (AvgIpc) is 3.11. The lowest BCUT2D eigenvalue weighted by Gasteiger charge is -2.14. The Morgan fingerprint density at radius 3 is 2.64 bits per heavy atom. The quantitative estimate of drug-likeness (QED) is 0.373. The molecule has 152 valence electrons. The van der Waals surface area contributed by atoms with Crippen LogP contribution >= 0.6 is 11.6 Å². The number of hydrogen-bond donors (Lipinski definition) is 3. The van der Waals surface area contributed by atoms with E-state index in [4.69, 9.17) is 35.7 Å². The highest BCUT2D eigenvalue weighted by molar-refractivity contribution is 7.89. The number of rotatable bonds is 10. The first-order chi connectivity index (χ1) is 13.2. The second-order valence-electron chi connectivity index (χ2n) is 5.39. The van der Waals surface area contributed by atoms with Crippen LogP contribution in [0.25, 0.3) is 0 Å². The summed E-state index contributed by atoms with van der Waals surface area (Å²) >= 11 is 5.98. The fourth-order valence-electron chi connectivity index (χ4n) is 2.11. The van der Waals surface area contributed by atoms with Gasteiger partial charge in [-0.15, -0.1) is 0 Å². The smallest absolute Gasteiger partial charge is 0.340 e. The number of carbonyl (C=O) groups is 2. The minimum atomic E-state index is -4.18. The molecule has 28 heavy (non-hydrogen) atoms. The minimum absolute atomic E-state index is 0.127. The Labute approximate surface area is 165 Å². The molecule has 2 rings (SSSR count). The van der Waals surface area contributed by atoms with E-state index in [2.05, 4.69) is 5.32 Å². The summed E-state index contributed by atoms with van der Waals surface area (Å²) in [7, 11) is -4.18. The number of furan rings is 1. The maximum absolute atomic E-state index is 12.4. The molecule has 0 radical (unpaired) electrons. The molecule has 1 aromatic heterocycles. The standard InChI is InChI=1S/C16H17ClN2O8S/c17-12-7-13(19-8-10-2-1-3-26-10)11(6-14(12)28(18,23)24)16(22)27-5-4-25-9-15(20)21/h1-3,6-7,19H,4-5,8-9H2,(H,20,21)(H2,18,23,24). The molecule has 0 amide bonds. The molecule has 0 fully saturated rings. The molecule has 0 saturated heterocycles. The van der Waals surface area contributed by atoms with E-state index >= 15 is 0 Å². The first-order valence-corrected chi connectivity index (χ1v) is 9.70. The first-order valence-electron chi connectivity index (χ1n) is 7.77. The van der Waals surface area contributed by atoms with Gasteiger partial charge in [0.1, 0.15) is 23.9 Å². The summed E-state index contributed by atoms with van der Waals surface area (Å²) in [5.74, 6) is -1.47. The molecule has 0 bridgehead atoms. The zero-order chi connectivity index (χ0) is 20.7. The number of halogens is 1. The van der Waals surface area contributed by atoms with Gasteiger partial charge < -0.3 is 24.3 Å². The minimum Gasteiger partial charge on any atom is -0.480 e. The Morgan fingerprint density at radius 2 is 2.04 bits per heavy atom. The van der Waals surface area contributed by atoms with Gasteiger partial charge in [0.2, 0.25) is 10.0 Å². The van der Waals surface area contributed by atoms with Crippen molar-refractivity contribution in [2.75, 3.05) is 25.1 Å². The molecule has 0 unspecified atom stereocenters. The van der Waals surface area contributed by atoms with Crippen LogP contribution in [0.5, 0.6) is 0 Å². The van der Waals surface area contributed by atoms with Gasteiger partial charge in [-0.25, -0.2) is 23.1 Å². The third-order valence-corrected chi connectivity index (χ3v) is 4.69. The Balaban J connectivity index is 2.19. The van der Waals surface area contributed by atoms with Gasteiger partial charge in [0.15, 0.2) is 0 Å². The number of nitrogens with one attached hydrogen (secondary N) is 1. The average molecular weight is 433 g/mol. The summed E-state index contributed by atoms with van der Waals surface area (Å²) < 4.78 is 38.3. The van der Waals surface area contributed by atoms with Crippen molar-refractivity contribution in [2.24, 2.45) is 5.14 Å². The number of sulfonamides is 1. The van der Waals surface area contributed by atoms with Crippen LogP contribution in [0.2, 0.25) is 5.02 Å². The number of carboxylic acids is 1. The van der Waals surface area contributed by atoms with E-state index < -0.39 is 33.5 Å². The lowest BCUT2D eigenvalue weighted by atomic mass is 10.1. The van der Waals surface area contributed by atoms with Gasteiger partial charge in [0.05, 0.1) is 35.7 Å². The highest BCUT2D eigenvalue weighted by Crippen LogP contribution is 2.29. The number of esters is 1. The van der Waals surface area contributed by atoms with Crippen LogP contribution in [-0.4, -0.2) is 45.3 Å². The third-order valence-electron chi connectivity index (χ3n) is 3.32. The fraction of sp³-hybridized carbons (Fsp3) is 0.250. The lowest BCUT2D eigenvalue weighted by molar-refractivity contribution is -0.142. The number of primary sulfonamides is 1. The van der Waals surface area contributed by atoms with Crippen molar-refractivity contribution < 1.29 is 37.0 Å². The second kappa shape index (κ2) is 9.55. The van der Waals surface area contributed by atoms with E-state index in [0.717, 1.165) is 6.07 Å². The SMILES string of the molecule is NS(=O)(=O)c1cc(C(=O)OCCOCC(=O)O)c(NCc2ccco2)cc1Cl. The zero-order valence-electron chi connectivity index (χ0n) is 14.4. The molecule has 0 aliphatic heterocycles. The molecule has 0 saturated carbocycles. The normalized spacial score (nSPS) is 11.2.